The number of β-amino-alcohol motifs (C(OH)–C–C–N with tert-alkyl or cyclic N) is 1. The first-order valence-corrected chi connectivity index (χ1v) is 5.82. The molecule has 1 aliphatic rings. The molecule has 3 rings (SSSR count). The minimum atomic E-state index is -0.807. The molecule has 1 amide bonds. The van der Waals surface area contributed by atoms with Crippen LogP contribution in [0.4, 0.5) is 0 Å². The number of aromatic nitrogens is 2. The molecule has 0 radical (unpaired) electrons. The molecule has 0 aromatic carbocycles. The number of carbonyl (C=O) groups is 1. The molecule has 1 saturated heterocycles. The molecule has 0 unspecified atom stereocenters. The lowest BCUT2D eigenvalue weighted by molar-refractivity contribution is -0.00758. The molecule has 0 spiro atoms. The van der Waals surface area contributed by atoms with Crippen LogP contribution < -0.4 is 10.6 Å². The molecule has 2 aromatic rings. The van der Waals surface area contributed by atoms with Crippen LogP contribution in [0.1, 0.15) is 10.4 Å². The summed E-state index contributed by atoms with van der Waals surface area (Å²) in [5.74, 6) is -0.212. The van der Waals surface area contributed by atoms with Gasteiger partial charge in [0, 0.05) is 25.8 Å². The van der Waals surface area contributed by atoms with Crippen LogP contribution in [0, 0.1) is 0 Å². The molecule has 0 aliphatic carbocycles. The molecular weight excluding hydrogens is 232 g/mol. The lowest BCUT2D eigenvalue weighted by Crippen LogP contribution is -2.64. The fourth-order valence-corrected chi connectivity index (χ4v) is 1.99. The average molecular weight is 246 g/mol. The zero-order valence-electron chi connectivity index (χ0n) is 9.76. The van der Waals surface area contributed by atoms with Crippen LogP contribution in [0.5, 0.6) is 0 Å². The largest absolute Gasteiger partial charge is 0.385 e. The number of nitrogens with one attached hydrogen (secondary N) is 2. The highest BCUT2D eigenvalue weighted by atomic mass is 16.3. The number of hydrogen-bond donors (Lipinski definition) is 3. The second-order valence-electron chi connectivity index (χ2n) is 4.60. The van der Waals surface area contributed by atoms with E-state index in [2.05, 4.69) is 15.7 Å². The Morgan fingerprint density at radius 3 is 3.11 bits per heavy atom. The van der Waals surface area contributed by atoms with Crippen molar-refractivity contribution >= 4 is 11.4 Å². The fraction of sp³-hybridized carbons (Fsp3) is 0.333. The van der Waals surface area contributed by atoms with Crippen LogP contribution in [-0.2, 0) is 0 Å². The van der Waals surface area contributed by atoms with Gasteiger partial charge in [0.2, 0.25) is 0 Å². The molecule has 0 saturated carbocycles. The number of rotatable bonds is 3. The normalized spacial score (nSPS) is 17.4. The summed E-state index contributed by atoms with van der Waals surface area (Å²) in [7, 11) is 0. The van der Waals surface area contributed by atoms with Crippen molar-refractivity contribution in [1.82, 2.24) is 20.2 Å². The van der Waals surface area contributed by atoms with E-state index in [1.807, 2.05) is 18.2 Å². The third-order valence-corrected chi connectivity index (χ3v) is 3.16. The molecule has 18 heavy (non-hydrogen) atoms. The van der Waals surface area contributed by atoms with Crippen molar-refractivity contribution in [3.63, 3.8) is 0 Å². The number of nitrogens with zero attached hydrogens (tertiary/aromatic N) is 2. The van der Waals surface area contributed by atoms with Crippen molar-refractivity contribution in [3.05, 3.63) is 36.2 Å². The van der Waals surface area contributed by atoms with Gasteiger partial charge in [-0.3, -0.25) is 4.79 Å². The first-order valence-electron chi connectivity index (χ1n) is 5.82. The number of hydrogen-bond acceptors (Lipinski definition) is 4. The second kappa shape index (κ2) is 4.08. The van der Waals surface area contributed by atoms with Crippen LogP contribution in [0.3, 0.4) is 0 Å². The molecule has 6 heteroatoms. The number of amides is 1. The summed E-state index contributed by atoms with van der Waals surface area (Å²) >= 11 is 0. The van der Waals surface area contributed by atoms with Gasteiger partial charge in [-0.05, 0) is 12.1 Å². The molecule has 3 heterocycles. The van der Waals surface area contributed by atoms with Crippen LogP contribution in [0.15, 0.2) is 30.6 Å². The van der Waals surface area contributed by atoms with Gasteiger partial charge in [0.1, 0.15) is 5.60 Å². The van der Waals surface area contributed by atoms with E-state index in [1.54, 1.807) is 10.7 Å². The van der Waals surface area contributed by atoms with Gasteiger partial charge >= 0.3 is 0 Å². The van der Waals surface area contributed by atoms with Crippen LogP contribution in [0.2, 0.25) is 0 Å². The highest BCUT2D eigenvalue weighted by molar-refractivity contribution is 6.00. The van der Waals surface area contributed by atoms with Crippen LogP contribution in [-0.4, -0.2) is 45.9 Å². The Bertz CT molecular complexity index is 589. The van der Waals surface area contributed by atoms with E-state index >= 15 is 0 Å². The zero-order chi connectivity index (χ0) is 12.6. The van der Waals surface area contributed by atoms with Gasteiger partial charge in [-0.1, -0.05) is 6.07 Å². The maximum atomic E-state index is 12.0. The van der Waals surface area contributed by atoms with Gasteiger partial charge in [-0.2, -0.15) is 5.10 Å². The van der Waals surface area contributed by atoms with E-state index < -0.39 is 5.60 Å². The van der Waals surface area contributed by atoms with Gasteiger partial charge in [0.05, 0.1) is 17.3 Å². The minimum absolute atomic E-state index is 0.212. The molecule has 1 fully saturated rings. The molecule has 0 atom stereocenters. The summed E-state index contributed by atoms with van der Waals surface area (Å²) < 4.78 is 1.65. The van der Waals surface area contributed by atoms with Crippen molar-refractivity contribution in [2.75, 3.05) is 19.6 Å². The third kappa shape index (κ3) is 1.85. The Balaban J connectivity index is 1.75. The highest BCUT2D eigenvalue weighted by Crippen LogP contribution is 2.11. The maximum absolute atomic E-state index is 12.0. The molecule has 6 nitrogen and oxygen atoms in total. The van der Waals surface area contributed by atoms with E-state index in [0.717, 1.165) is 5.52 Å². The van der Waals surface area contributed by atoms with Crippen LogP contribution >= 0.6 is 0 Å². The quantitative estimate of drug-likeness (QED) is 0.675. The lowest BCUT2D eigenvalue weighted by Gasteiger charge is -2.37. The molecular formula is C12H14N4O2. The predicted octanol–water partition coefficient (Wildman–Crippen LogP) is -0.602. The highest BCUT2D eigenvalue weighted by Gasteiger charge is 2.34. The number of pyridine rings is 1. The molecule has 1 aliphatic heterocycles. The molecule has 3 N–H and O–H groups in total. The van der Waals surface area contributed by atoms with Crippen LogP contribution in [0.25, 0.3) is 5.52 Å². The molecule has 0 bridgehead atoms. The van der Waals surface area contributed by atoms with Gasteiger partial charge < -0.3 is 15.7 Å². The van der Waals surface area contributed by atoms with Gasteiger partial charge in [-0.15, -0.1) is 0 Å². The van der Waals surface area contributed by atoms with E-state index in [0.29, 0.717) is 18.7 Å². The molecule has 2 aromatic heterocycles. The van der Waals surface area contributed by atoms with Crippen molar-refractivity contribution in [2.24, 2.45) is 0 Å². The zero-order valence-corrected chi connectivity index (χ0v) is 9.76. The first kappa shape index (κ1) is 11.2. The summed E-state index contributed by atoms with van der Waals surface area (Å²) in [5.41, 5.74) is 0.471. The summed E-state index contributed by atoms with van der Waals surface area (Å²) in [6.45, 7) is 1.28. The monoisotopic (exact) mass is 246 g/mol. The smallest absolute Gasteiger partial charge is 0.255 e. The van der Waals surface area contributed by atoms with Gasteiger partial charge in [-0.25, -0.2) is 4.52 Å². The predicted molar refractivity (Wildman–Crippen MR) is 65.3 cm³/mol. The van der Waals surface area contributed by atoms with E-state index in [4.69, 9.17) is 0 Å². The van der Waals surface area contributed by atoms with Crippen molar-refractivity contribution < 1.29 is 9.90 Å². The second-order valence-corrected chi connectivity index (χ2v) is 4.60. The summed E-state index contributed by atoms with van der Waals surface area (Å²) in [4.78, 5) is 12.0. The van der Waals surface area contributed by atoms with E-state index in [-0.39, 0.29) is 12.5 Å². The summed E-state index contributed by atoms with van der Waals surface area (Å²) in [6.07, 6.45) is 3.32. The fourth-order valence-electron chi connectivity index (χ4n) is 1.99. The number of fused-ring (bicyclic) bond motifs is 1. The summed E-state index contributed by atoms with van der Waals surface area (Å²) in [6, 6.07) is 5.54. The minimum Gasteiger partial charge on any atom is -0.385 e. The Labute approximate surface area is 104 Å². The first-order chi connectivity index (χ1) is 8.68. The lowest BCUT2D eigenvalue weighted by atomic mass is 9.97. The molecule has 94 valence electrons. The van der Waals surface area contributed by atoms with E-state index in [9.17, 15) is 9.90 Å². The van der Waals surface area contributed by atoms with Gasteiger partial charge in [0.25, 0.3) is 5.91 Å². The van der Waals surface area contributed by atoms with Gasteiger partial charge in [0.15, 0.2) is 0 Å². The average Bonchev–Trinajstić information content (AvgIpc) is 2.77. The van der Waals surface area contributed by atoms with Crippen molar-refractivity contribution in [2.45, 2.75) is 5.60 Å². The topological polar surface area (TPSA) is 78.7 Å². The third-order valence-electron chi connectivity index (χ3n) is 3.16. The van der Waals surface area contributed by atoms with Crippen molar-refractivity contribution in [1.29, 1.82) is 0 Å². The Kier molecular flexibility index (Phi) is 2.53. The SMILES string of the molecule is O=C(NCC1(O)CNC1)c1cnn2ccccc12. The van der Waals surface area contributed by atoms with Crippen molar-refractivity contribution in [3.8, 4) is 0 Å². The standard InChI is InChI=1S/C12H14N4O2/c17-11(14-8-12(18)6-13-7-12)9-5-15-16-4-2-1-3-10(9)16/h1-5,13,18H,6-8H2,(H,14,17). The van der Waals surface area contributed by atoms with E-state index in [1.165, 1.54) is 6.20 Å². The maximum Gasteiger partial charge on any atom is 0.255 e. The Hall–Kier alpha value is -1.92. The Morgan fingerprint density at radius 2 is 2.39 bits per heavy atom. The summed E-state index contributed by atoms with van der Waals surface area (Å²) in [5, 5.41) is 19.7. The number of aliphatic hydroxyl groups is 1. The number of carbonyl (C=O) groups excluding carboxylic acids is 1. The Morgan fingerprint density at radius 1 is 1.56 bits per heavy atom.